The zero-order chi connectivity index (χ0) is 17.9. The highest BCUT2D eigenvalue weighted by atomic mass is 35.5. The van der Waals surface area contributed by atoms with Crippen molar-refractivity contribution in [3.63, 3.8) is 0 Å². The van der Waals surface area contributed by atoms with Crippen LogP contribution < -0.4 is 10.1 Å². The average Bonchev–Trinajstić information content (AvgIpc) is 2.92. The molecule has 1 aromatic rings. The van der Waals surface area contributed by atoms with Crippen LogP contribution in [0.1, 0.15) is 10.4 Å². The molecule has 0 saturated carbocycles. The van der Waals surface area contributed by atoms with Gasteiger partial charge in [-0.1, -0.05) is 11.6 Å². The number of sulfonamides is 1. The first-order valence-electron chi connectivity index (χ1n) is 7.36. The molecule has 0 spiro atoms. The maximum Gasteiger partial charge on any atom is 0.251 e. The molecule has 1 fully saturated rings. The van der Waals surface area contributed by atoms with Gasteiger partial charge in [-0.3, -0.25) is 4.79 Å². The molecule has 0 aromatic heterocycles. The van der Waals surface area contributed by atoms with E-state index in [1.807, 2.05) is 0 Å². The van der Waals surface area contributed by atoms with Crippen molar-refractivity contribution < 1.29 is 22.7 Å². The molecule has 0 bridgehead atoms. The molecule has 1 amide bonds. The monoisotopic (exact) mass is 376 g/mol. The van der Waals surface area contributed by atoms with Crippen LogP contribution in [0.25, 0.3) is 0 Å². The third kappa shape index (κ3) is 4.60. The summed E-state index contributed by atoms with van der Waals surface area (Å²) < 4.78 is 35.7. The number of carbonyl (C=O) groups excluding carboxylic acids is 1. The number of hydrogen-bond donors (Lipinski definition) is 1. The average molecular weight is 377 g/mol. The minimum Gasteiger partial charge on any atom is -0.497 e. The van der Waals surface area contributed by atoms with E-state index in [2.05, 4.69) is 5.32 Å². The minimum absolute atomic E-state index is 0.0795. The number of benzene rings is 1. The third-order valence-electron chi connectivity index (χ3n) is 3.87. The quantitative estimate of drug-likeness (QED) is 0.800. The van der Waals surface area contributed by atoms with Gasteiger partial charge in [0, 0.05) is 30.6 Å². The van der Waals surface area contributed by atoms with Gasteiger partial charge < -0.3 is 14.8 Å². The second-order valence-electron chi connectivity index (χ2n) is 5.82. The van der Waals surface area contributed by atoms with E-state index >= 15 is 0 Å². The number of rotatable bonds is 6. The Balaban J connectivity index is 2.09. The van der Waals surface area contributed by atoms with Crippen LogP contribution in [0, 0.1) is 5.92 Å². The van der Waals surface area contributed by atoms with Crippen molar-refractivity contribution in [1.82, 2.24) is 9.62 Å². The molecular weight excluding hydrogens is 356 g/mol. The van der Waals surface area contributed by atoms with Crippen molar-refractivity contribution >= 4 is 27.5 Å². The first-order chi connectivity index (χ1) is 11.2. The lowest BCUT2D eigenvalue weighted by molar-refractivity contribution is 0.0925. The summed E-state index contributed by atoms with van der Waals surface area (Å²) in [6.07, 6.45) is 0. The van der Waals surface area contributed by atoms with Crippen molar-refractivity contribution in [3.05, 3.63) is 28.8 Å². The van der Waals surface area contributed by atoms with E-state index in [9.17, 15) is 13.2 Å². The fourth-order valence-corrected chi connectivity index (χ4v) is 3.80. The summed E-state index contributed by atoms with van der Waals surface area (Å²) >= 11 is 5.97. The van der Waals surface area contributed by atoms with E-state index in [0.29, 0.717) is 16.3 Å². The van der Waals surface area contributed by atoms with Gasteiger partial charge >= 0.3 is 0 Å². The molecule has 1 N–H and O–H groups in total. The van der Waals surface area contributed by atoms with Crippen molar-refractivity contribution in [3.8, 4) is 5.75 Å². The fourth-order valence-electron chi connectivity index (χ4n) is 2.41. The van der Waals surface area contributed by atoms with Crippen LogP contribution in [-0.2, 0) is 14.8 Å². The standard InChI is InChI=1S/C15H21ClN2O5S/c1-18(2)24(20,21)9-11-7-23-8-14(11)17-15(19)10-4-12(16)6-13(5-10)22-3/h4-6,11,14H,7-9H2,1-3H3,(H,17,19)/t11-,14+/m0/s1. The summed E-state index contributed by atoms with van der Waals surface area (Å²) in [4.78, 5) is 12.4. The molecule has 0 unspecified atom stereocenters. The summed E-state index contributed by atoms with van der Waals surface area (Å²) in [5.41, 5.74) is 0.348. The topological polar surface area (TPSA) is 84.9 Å². The van der Waals surface area contributed by atoms with E-state index in [1.54, 1.807) is 12.1 Å². The van der Waals surface area contributed by atoms with Gasteiger partial charge in [0.25, 0.3) is 5.91 Å². The lowest BCUT2D eigenvalue weighted by atomic mass is 10.1. The molecular formula is C15H21ClN2O5S. The van der Waals surface area contributed by atoms with Gasteiger partial charge in [0.05, 0.1) is 32.1 Å². The van der Waals surface area contributed by atoms with E-state index in [1.165, 1.54) is 31.6 Å². The molecule has 1 aliphatic heterocycles. The first kappa shape index (κ1) is 19.0. The number of methoxy groups -OCH3 is 1. The minimum atomic E-state index is -3.37. The Morgan fingerprint density at radius 3 is 2.71 bits per heavy atom. The van der Waals surface area contributed by atoms with Gasteiger partial charge in [-0.2, -0.15) is 0 Å². The molecule has 2 atom stereocenters. The second kappa shape index (κ2) is 7.69. The smallest absolute Gasteiger partial charge is 0.251 e. The lowest BCUT2D eigenvalue weighted by Gasteiger charge is -2.21. The Labute approximate surface area is 146 Å². The van der Waals surface area contributed by atoms with Gasteiger partial charge in [-0.05, 0) is 18.2 Å². The van der Waals surface area contributed by atoms with Crippen LogP contribution in [0.5, 0.6) is 5.75 Å². The van der Waals surface area contributed by atoms with E-state index in [0.717, 1.165) is 0 Å². The molecule has 1 aliphatic rings. The fraction of sp³-hybridized carbons (Fsp3) is 0.533. The third-order valence-corrected chi connectivity index (χ3v) is 6.05. The summed E-state index contributed by atoms with van der Waals surface area (Å²) in [5.74, 6) is -0.257. The highest BCUT2D eigenvalue weighted by Gasteiger charge is 2.34. The Kier molecular flexibility index (Phi) is 6.08. The number of ether oxygens (including phenoxy) is 2. The zero-order valence-corrected chi connectivity index (χ0v) is 15.4. The van der Waals surface area contributed by atoms with Gasteiger partial charge in [-0.25, -0.2) is 12.7 Å². The van der Waals surface area contributed by atoms with Crippen molar-refractivity contribution in [2.24, 2.45) is 5.92 Å². The maximum atomic E-state index is 12.4. The van der Waals surface area contributed by atoms with E-state index < -0.39 is 10.0 Å². The van der Waals surface area contributed by atoms with Gasteiger partial charge in [0.15, 0.2) is 0 Å². The van der Waals surface area contributed by atoms with Crippen LogP contribution in [0.3, 0.4) is 0 Å². The Bertz CT molecular complexity index is 708. The number of halogens is 1. The Morgan fingerprint density at radius 2 is 2.08 bits per heavy atom. The molecule has 1 saturated heterocycles. The maximum absolute atomic E-state index is 12.4. The highest BCUT2D eigenvalue weighted by Crippen LogP contribution is 2.22. The molecule has 2 rings (SSSR count). The number of hydrogen-bond acceptors (Lipinski definition) is 5. The van der Waals surface area contributed by atoms with Crippen LogP contribution in [0.2, 0.25) is 5.02 Å². The summed E-state index contributed by atoms with van der Waals surface area (Å²) in [7, 11) is 1.08. The Hall–Kier alpha value is -1.35. The molecule has 0 aliphatic carbocycles. The Morgan fingerprint density at radius 1 is 1.38 bits per heavy atom. The van der Waals surface area contributed by atoms with Gasteiger partial charge in [-0.15, -0.1) is 0 Å². The first-order valence-corrected chi connectivity index (χ1v) is 9.35. The number of carbonyl (C=O) groups is 1. The van der Waals surface area contributed by atoms with Crippen LogP contribution in [0.4, 0.5) is 0 Å². The predicted molar refractivity (Wildman–Crippen MR) is 91.0 cm³/mol. The zero-order valence-electron chi connectivity index (χ0n) is 13.8. The summed E-state index contributed by atoms with van der Waals surface area (Å²) in [5, 5.41) is 3.21. The predicted octanol–water partition coefficient (Wildman–Crippen LogP) is 0.985. The van der Waals surface area contributed by atoms with Crippen LogP contribution in [-0.4, -0.2) is 64.8 Å². The molecule has 24 heavy (non-hydrogen) atoms. The summed E-state index contributed by atoms with van der Waals surface area (Å²) in [6.45, 7) is 0.563. The lowest BCUT2D eigenvalue weighted by Crippen LogP contribution is -2.43. The number of amides is 1. The van der Waals surface area contributed by atoms with E-state index in [-0.39, 0.29) is 36.8 Å². The normalized spacial score (nSPS) is 21.0. The highest BCUT2D eigenvalue weighted by molar-refractivity contribution is 7.89. The van der Waals surface area contributed by atoms with Crippen molar-refractivity contribution in [1.29, 1.82) is 0 Å². The van der Waals surface area contributed by atoms with Gasteiger partial charge in [0.2, 0.25) is 10.0 Å². The summed E-state index contributed by atoms with van der Waals surface area (Å²) in [6, 6.07) is 4.32. The van der Waals surface area contributed by atoms with Crippen LogP contribution >= 0.6 is 11.6 Å². The molecule has 1 heterocycles. The largest absolute Gasteiger partial charge is 0.497 e. The molecule has 9 heteroatoms. The van der Waals surface area contributed by atoms with Crippen molar-refractivity contribution in [2.75, 3.05) is 40.2 Å². The second-order valence-corrected chi connectivity index (χ2v) is 8.48. The molecule has 134 valence electrons. The number of nitrogens with zero attached hydrogens (tertiary/aromatic N) is 1. The van der Waals surface area contributed by atoms with Crippen molar-refractivity contribution in [2.45, 2.75) is 6.04 Å². The van der Waals surface area contributed by atoms with Gasteiger partial charge in [0.1, 0.15) is 5.75 Å². The molecule has 1 aromatic carbocycles. The number of nitrogens with one attached hydrogen (secondary N) is 1. The SMILES string of the molecule is COc1cc(Cl)cc(C(=O)N[C@@H]2COC[C@H]2CS(=O)(=O)N(C)C)c1. The van der Waals surface area contributed by atoms with Crippen LogP contribution in [0.15, 0.2) is 18.2 Å². The molecule has 7 nitrogen and oxygen atoms in total. The van der Waals surface area contributed by atoms with E-state index in [4.69, 9.17) is 21.1 Å². The molecule has 0 radical (unpaired) electrons.